The van der Waals surface area contributed by atoms with Crippen molar-refractivity contribution in [1.82, 2.24) is 0 Å². The topological polar surface area (TPSA) is 26.3 Å². The van der Waals surface area contributed by atoms with Gasteiger partial charge in [-0.1, -0.05) is 27.2 Å². The van der Waals surface area contributed by atoms with Gasteiger partial charge in [0.05, 0.1) is 12.2 Å². The Bertz CT molecular complexity index is 293. The SMILES string of the molecule is CC.CCCCOC(=O)c1ccc(F)cc1. The van der Waals surface area contributed by atoms with Crippen molar-refractivity contribution in [2.24, 2.45) is 0 Å². The highest BCUT2D eigenvalue weighted by atomic mass is 19.1. The number of halogens is 1. The largest absolute Gasteiger partial charge is 0.462 e. The number of carbonyl (C=O) groups is 1. The fraction of sp³-hybridized carbons (Fsp3) is 0.462. The third kappa shape index (κ3) is 5.49. The van der Waals surface area contributed by atoms with Gasteiger partial charge in [0.15, 0.2) is 0 Å². The van der Waals surface area contributed by atoms with Gasteiger partial charge in [0, 0.05) is 0 Å². The van der Waals surface area contributed by atoms with Gasteiger partial charge in [-0.25, -0.2) is 9.18 Å². The lowest BCUT2D eigenvalue weighted by Crippen LogP contribution is -2.06. The molecule has 90 valence electrons. The van der Waals surface area contributed by atoms with E-state index >= 15 is 0 Å². The van der Waals surface area contributed by atoms with Gasteiger partial charge in [-0.15, -0.1) is 0 Å². The highest BCUT2D eigenvalue weighted by molar-refractivity contribution is 5.89. The molecule has 0 saturated heterocycles. The molecule has 0 N–H and O–H groups in total. The molecular weight excluding hydrogens is 207 g/mol. The minimum absolute atomic E-state index is 0.352. The molecule has 0 aliphatic carbocycles. The lowest BCUT2D eigenvalue weighted by Gasteiger charge is -2.02. The average Bonchev–Trinajstić information content (AvgIpc) is 2.33. The molecule has 1 aromatic rings. The summed E-state index contributed by atoms with van der Waals surface area (Å²) in [4.78, 5) is 11.3. The normalized spacial score (nSPS) is 9.00. The van der Waals surface area contributed by atoms with Crippen LogP contribution in [0.1, 0.15) is 44.0 Å². The minimum Gasteiger partial charge on any atom is -0.462 e. The minimum atomic E-state index is -0.390. The van der Waals surface area contributed by atoms with Crippen molar-refractivity contribution in [3.63, 3.8) is 0 Å². The van der Waals surface area contributed by atoms with Gasteiger partial charge in [-0.2, -0.15) is 0 Å². The van der Waals surface area contributed by atoms with Crippen LogP contribution in [0.25, 0.3) is 0 Å². The fourth-order valence-electron chi connectivity index (χ4n) is 0.979. The van der Waals surface area contributed by atoms with E-state index in [0.29, 0.717) is 12.2 Å². The summed E-state index contributed by atoms with van der Waals surface area (Å²) in [5, 5.41) is 0. The van der Waals surface area contributed by atoms with E-state index in [4.69, 9.17) is 4.74 Å². The Kier molecular flexibility index (Phi) is 8.12. The Morgan fingerprint density at radius 3 is 2.31 bits per heavy atom. The molecule has 0 radical (unpaired) electrons. The molecule has 0 aliphatic heterocycles. The molecule has 1 rings (SSSR count). The highest BCUT2D eigenvalue weighted by Gasteiger charge is 2.05. The Balaban J connectivity index is 0.00000106. The van der Waals surface area contributed by atoms with Crippen molar-refractivity contribution in [2.45, 2.75) is 33.6 Å². The molecule has 0 bridgehead atoms. The van der Waals surface area contributed by atoms with E-state index < -0.39 is 5.97 Å². The molecule has 0 spiro atoms. The summed E-state index contributed by atoms with van der Waals surface area (Å²) in [6, 6.07) is 5.33. The average molecular weight is 226 g/mol. The predicted molar refractivity (Wildman–Crippen MR) is 62.9 cm³/mol. The molecule has 16 heavy (non-hydrogen) atoms. The van der Waals surface area contributed by atoms with Crippen LogP contribution >= 0.6 is 0 Å². The molecule has 0 heterocycles. The quantitative estimate of drug-likeness (QED) is 0.576. The van der Waals surface area contributed by atoms with Crippen molar-refractivity contribution < 1.29 is 13.9 Å². The standard InChI is InChI=1S/C11H13FO2.C2H6/c1-2-3-8-14-11(13)9-4-6-10(12)7-5-9;1-2/h4-7H,2-3,8H2,1H3;1-2H3. The predicted octanol–water partition coefficient (Wildman–Crippen LogP) is 3.81. The Morgan fingerprint density at radius 2 is 1.81 bits per heavy atom. The van der Waals surface area contributed by atoms with Crippen LogP contribution in [0.4, 0.5) is 4.39 Å². The molecule has 3 heteroatoms. The number of unbranched alkanes of at least 4 members (excludes halogenated alkanes) is 1. The number of hydrogen-bond acceptors (Lipinski definition) is 2. The first-order valence-electron chi connectivity index (χ1n) is 5.66. The summed E-state index contributed by atoms with van der Waals surface area (Å²) >= 11 is 0. The molecule has 0 aliphatic rings. The van der Waals surface area contributed by atoms with Gasteiger partial charge in [0.1, 0.15) is 5.82 Å². The zero-order valence-electron chi connectivity index (χ0n) is 10.1. The van der Waals surface area contributed by atoms with Crippen LogP contribution in [-0.4, -0.2) is 12.6 Å². The molecule has 0 amide bonds. The number of carbonyl (C=O) groups excluding carboxylic acids is 1. The second kappa shape index (κ2) is 8.89. The Morgan fingerprint density at radius 1 is 1.25 bits per heavy atom. The highest BCUT2D eigenvalue weighted by Crippen LogP contribution is 2.04. The van der Waals surface area contributed by atoms with E-state index in [2.05, 4.69) is 0 Å². The third-order valence-electron chi connectivity index (χ3n) is 1.81. The van der Waals surface area contributed by atoms with E-state index in [1.807, 2.05) is 20.8 Å². The number of ether oxygens (including phenoxy) is 1. The van der Waals surface area contributed by atoms with Gasteiger partial charge >= 0.3 is 5.97 Å². The monoisotopic (exact) mass is 226 g/mol. The Hall–Kier alpha value is -1.38. The fourth-order valence-corrected chi connectivity index (χ4v) is 0.979. The van der Waals surface area contributed by atoms with E-state index in [-0.39, 0.29) is 5.82 Å². The van der Waals surface area contributed by atoms with E-state index in [0.717, 1.165) is 12.8 Å². The molecule has 2 nitrogen and oxygen atoms in total. The Labute approximate surface area is 96.4 Å². The van der Waals surface area contributed by atoms with Crippen LogP contribution in [-0.2, 0) is 4.74 Å². The van der Waals surface area contributed by atoms with Crippen LogP contribution in [0.15, 0.2) is 24.3 Å². The molecule has 0 fully saturated rings. The molecule has 0 atom stereocenters. The second-order valence-corrected chi connectivity index (χ2v) is 3.00. The first-order valence-corrected chi connectivity index (χ1v) is 5.66. The van der Waals surface area contributed by atoms with E-state index in [1.165, 1.54) is 24.3 Å². The van der Waals surface area contributed by atoms with Crippen LogP contribution in [0.3, 0.4) is 0 Å². The summed E-state index contributed by atoms with van der Waals surface area (Å²) in [7, 11) is 0. The van der Waals surface area contributed by atoms with Gasteiger partial charge < -0.3 is 4.74 Å². The van der Waals surface area contributed by atoms with Gasteiger partial charge in [-0.3, -0.25) is 0 Å². The smallest absolute Gasteiger partial charge is 0.338 e. The van der Waals surface area contributed by atoms with Crippen LogP contribution in [0.5, 0.6) is 0 Å². The summed E-state index contributed by atoms with van der Waals surface area (Å²) in [5.41, 5.74) is 0.391. The van der Waals surface area contributed by atoms with Crippen molar-refractivity contribution in [1.29, 1.82) is 0 Å². The summed E-state index contributed by atoms with van der Waals surface area (Å²) in [6.07, 6.45) is 1.84. The first kappa shape index (κ1) is 14.6. The third-order valence-corrected chi connectivity index (χ3v) is 1.81. The second-order valence-electron chi connectivity index (χ2n) is 3.00. The lowest BCUT2D eigenvalue weighted by molar-refractivity contribution is 0.0499. The number of esters is 1. The van der Waals surface area contributed by atoms with Crippen molar-refractivity contribution in [3.8, 4) is 0 Å². The molecule has 0 aromatic heterocycles. The van der Waals surface area contributed by atoms with Crippen LogP contribution < -0.4 is 0 Å². The van der Waals surface area contributed by atoms with Crippen LogP contribution in [0, 0.1) is 5.82 Å². The summed E-state index contributed by atoms with van der Waals surface area (Å²) in [5.74, 6) is -0.742. The number of benzene rings is 1. The van der Waals surface area contributed by atoms with Gasteiger partial charge in [-0.05, 0) is 30.7 Å². The lowest BCUT2D eigenvalue weighted by atomic mass is 10.2. The zero-order chi connectivity index (χ0) is 12.4. The number of rotatable bonds is 4. The zero-order valence-corrected chi connectivity index (χ0v) is 10.1. The maximum absolute atomic E-state index is 12.5. The van der Waals surface area contributed by atoms with Crippen molar-refractivity contribution >= 4 is 5.97 Å². The maximum Gasteiger partial charge on any atom is 0.338 e. The molecular formula is C13H19FO2. The van der Waals surface area contributed by atoms with Crippen LogP contribution in [0.2, 0.25) is 0 Å². The first-order chi connectivity index (χ1) is 7.74. The molecule has 0 unspecified atom stereocenters. The molecule has 0 saturated carbocycles. The van der Waals surface area contributed by atoms with Crippen molar-refractivity contribution in [3.05, 3.63) is 35.6 Å². The van der Waals surface area contributed by atoms with E-state index in [1.54, 1.807) is 0 Å². The molecule has 1 aromatic carbocycles. The van der Waals surface area contributed by atoms with Crippen molar-refractivity contribution in [2.75, 3.05) is 6.61 Å². The summed E-state index contributed by atoms with van der Waals surface area (Å²) in [6.45, 7) is 6.44. The van der Waals surface area contributed by atoms with Gasteiger partial charge in [0.2, 0.25) is 0 Å². The maximum atomic E-state index is 12.5. The number of hydrogen-bond donors (Lipinski definition) is 0. The van der Waals surface area contributed by atoms with E-state index in [9.17, 15) is 9.18 Å². The van der Waals surface area contributed by atoms with Gasteiger partial charge in [0.25, 0.3) is 0 Å². The summed E-state index contributed by atoms with van der Waals surface area (Å²) < 4.78 is 17.5.